The third kappa shape index (κ3) is 5.28. The number of carbonyl (C=O) groups is 1. The molecule has 0 saturated carbocycles. The van der Waals surface area contributed by atoms with Crippen LogP contribution < -0.4 is 4.74 Å². The second-order valence-corrected chi connectivity index (χ2v) is 8.84. The molecule has 0 aliphatic carbocycles. The molecule has 0 bridgehead atoms. The van der Waals surface area contributed by atoms with E-state index in [1.165, 1.54) is 17.3 Å². The first-order chi connectivity index (χ1) is 15.1. The Morgan fingerprint density at radius 1 is 1.10 bits per heavy atom. The van der Waals surface area contributed by atoms with Crippen LogP contribution in [0, 0.1) is 5.92 Å². The topological polar surface area (TPSA) is 60.3 Å². The van der Waals surface area contributed by atoms with Gasteiger partial charge in [-0.1, -0.05) is 54.2 Å². The first kappa shape index (κ1) is 21.4. The molecule has 0 atom stereocenters. The molecule has 162 valence electrons. The van der Waals surface area contributed by atoms with Crippen molar-refractivity contribution in [1.82, 2.24) is 19.7 Å². The lowest BCUT2D eigenvalue weighted by Crippen LogP contribution is -2.39. The highest BCUT2D eigenvalue weighted by Gasteiger charge is 2.23. The lowest BCUT2D eigenvalue weighted by atomic mass is 9.90. The Bertz CT molecular complexity index is 1010. The second kappa shape index (κ2) is 10.0. The summed E-state index contributed by atoms with van der Waals surface area (Å²) in [6, 6.07) is 18.4. The molecule has 7 heteroatoms. The van der Waals surface area contributed by atoms with Crippen LogP contribution in [-0.2, 0) is 18.3 Å². The summed E-state index contributed by atoms with van der Waals surface area (Å²) in [5.74, 6) is 2.75. The van der Waals surface area contributed by atoms with E-state index in [0.717, 1.165) is 54.6 Å². The molecule has 6 nitrogen and oxygen atoms in total. The number of piperidine rings is 1. The normalized spacial score (nSPS) is 14.6. The number of hydrogen-bond acceptors (Lipinski definition) is 5. The Morgan fingerprint density at radius 3 is 2.61 bits per heavy atom. The summed E-state index contributed by atoms with van der Waals surface area (Å²) in [5.41, 5.74) is 2.32. The van der Waals surface area contributed by atoms with Crippen molar-refractivity contribution in [1.29, 1.82) is 0 Å². The maximum absolute atomic E-state index is 12.7. The zero-order valence-corrected chi connectivity index (χ0v) is 18.8. The van der Waals surface area contributed by atoms with Crippen molar-refractivity contribution < 1.29 is 9.53 Å². The number of rotatable bonds is 7. The molecule has 2 aromatic carbocycles. The number of aromatic nitrogens is 3. The van der Waals surface area contributed by atoms with E-state index in [1.54, 1.807) is 7.11 Å². The number of benzene rings is 2. The Morgan fingerprint density at radius 2 is 1.87 bits per heavy atom. The zero-order chi connectivity index (χ0) is 21.6. The molecular formula is C24H28N4O2S. The molecule has 0 radical (unpaired) electrons. The molecule has 0 spiro atoms. The summed E-state index contributed by atoms with van der Waals surface area (Å²) in [6.45, 7) is 1.68. The van der Waals surface area contributed by atoms with Crippen LogP contribution in [0.15, 0.2) is 59.8 Å². The average molecular weight is 437 g/mol. The predicted octanol–water partition coefficient (Wildman–Crippen LogP) is 4.06. The van der Waals surface area contributed by atoms with Gasteiger partial charge in [0, 0.05) is 25.7 Å². The van der Waals surface area contributed by atoms with Crippen LogP contribution in [0.1, 0.15) is 18.4 Å². The van der Waals surface area contributed by atoms with Crippen molar-refractivity contribution in [2.24, 2.45) is 13.0 Å². The lowest BCUT2D eigenvalue weighted by Gasteiger charge is -2.32. The molecule has 2 heterocycles. The largest absolute Gasteiger partial charge is 0.497 e. The second-order valence-electron chi connectivity index (χ2n) is 7.90. The lowest BCUT2D eigenvalue weighted by molar-refractivity contribution is -0.129. The Labute approximate surface area is 187 Å². The van der Waals surface area contributed by atoms with Gasteiger partial charge in [-0.15, -0.1) is 10.2 Å². The van der Waals surface area contributed by atoms with Crippen LogP contribution >= 0.6 is 11.8 Å². The average Bonchev–Trinajstić information content (AvgIpc) is 3.19. The van der Waals surface area contributed by atoms with E-state index in [-0.39, 0.29) is 5.91 Å². The third-order valence-corrected chi connectivity index (χ3v) is 6.83. The zero-order valence-electron chi connectivity index (χ0n) is 18.0. The molecule has 1 amide bonds. The smallest absolute Gasteiger partial charge is 0.233 e. The highest BCUT2D eigenvalue weighted by Crippen LogP contribution is 2.26. The van der Waals surface area contributed by atoms with E-state index in [4.69, 9.17) is 4.74 Å². The summed E-state index contributed by atoms with van der Waals surface area (Å²) in [6.07, 6.45) is 3.23. The molecule has 1 aromatic heterocycles. The van der Waals surface area contributed by atoms with Gasteiger partial charge in [-0.3, -0.25) is 4.79 Å². The minimum Gasteiger partial charge on any atom is -0.497 e. The third-order valence-electron chi connectivity index (χ3n) is 5.82. The number of methoxy groups -OCH3 is 1. The Balaban J connectivity index is 1.29. The first-order valence-corrected chi connectivity index (χ1v) is 11.6. The molecule has 4 rings (SSSR count). The maximum Gasteiger partial charge on any atom is 0.233 e. The molecule has 0 unspecified atom stereocenters. The van der Waals surface area contributed by atoms with E-state index >= 15 is 0 Å². The minimum atomic E-state index is 0.175. The quantitative estimate of drug-likeness (QED) is 0.523. The fourth-order valence-electron chi connectivity index (χ4n) is 4.01. The van der Waals surface area contributed by atoms with Gasteiger partial charge in [-0.05, 0) is 42.9 Å². The van der Waals surface area contributed by atoms with Gasteiger partial charge in [0.15, 0.2) is 11.0 Å². The summed E-state index contributed by atoms with van der Waals surface area (Å²) >= 11 is 1.44. The summed E-state index contributed by atoms with van der Waals surface area (Å²) < 4.78 is 7.23. The summed E-state index contributed by atoms with van der Waals surface area (Å²) in [5, 5.41) is 9.34. The number of amides is 1. The van der Waals surface area contributed by atoms with E-state index in [0.29, 0.717) is 11.7 Å². The van der Waals surface area contributed by atoms with Crippen molar-refractivity contribution in [3.8, 4) is 17.1 Å². The fourth-order valence-corrected chi connectivity index (χ4v) is 4.82. The molecular weight excluding hydrogens is 408 g/mol. The SMILES string of the molecule is COc1cccc(-c2nnc(SCC(=O)N3CCC(Cc4ccccc4)CC3)n2C)c1. The highest BCUT2D eigenvalue weighted by atomic mass is 32.2. The van der Waals surface area contributed by atoms with Crippen molar-refractivity contribution >= 4 is 17.7 Å². The number of hydrogen-bond donors (Lipinski definition) is 0. The van der Waals surface area contributed by atoms with E-state index in [2.05, 4.69) is 40.5 Å². The van der Waals surface area contributed by atoms with Gasteiger partial charge in [0.1, 0.15) is 5.75 Å². The Kier molecular flexibility index (Phi) is 6.92. The number of nitrogens with zero attached hydrogens (tertiary/aromatic N) is 4. The first-order valence-electron chi connectivity index (χ1n) is 10.6. The number of ether oxygens (including phenoxy) is 1. The van der Waals surface area contributed by atoms with E-state index in [1.807, 2.05) is 40.8 Å². The molecule has 1 aliphatic heterocycles. The monoisotopic (exact) mass is 436 g/mol. The summed E-state index contributed by atoms with van der Waals surface area (Å²) in [4.78, 5) is 14.7. The predicted molar refractivity (Wildman–Crippen MR) is 123 cm³/mol. The van der Waals surface area contributed by atoms with Crippen LogP contribution in [0.4, 0.5) is 0 Å². The molecule has 1 saturated heterocycles. The van der Waals surface area contributed by atoms with E-state index < -0.39 is 0 Å². The van der Waals surface area contributed by atoms with Gasteiger partial charge in [0.2, 0.25) is 5.91 Å². The molecule has 3 aromatic rings. The maximum atomic E-state index is 12.7. The number of thioether (sulfide) groups is 1. The van der Waals surface area contributed by atoms with Crippen LogP contribution in [-0.4, -0.2) is 51.5 Å². The standard InChI is InChI=1S/C24H28N4O2S/c1-27-23(20-9-6-10-21(16-20)30-2)25-26-24(27)31-17-22(29)28-13-11-19(12-14-28)15-18-7-4-3-5-8-18/h3-10,16,19H,11-15,17H2,1-2H3. The van der Waals surface area contributed by atoms with Gasteiger partial charge in [-0.2, -0.15) is 0 Å². The van der Waals surface area contributed by atoms with Crippen LogP contribution in [0.3, 0.4) is 0 Å². The molecule has 1 fully saturated rings. The van der Waals surface area contributed by atoms with Crippen molar-refractivity contribution in [3.63, 3.8) is 0 Å². The van der Waals surface area contributed by atoms with Crippen molar-refractivity contribution in [2.45, 2.75) is 24.4 Å². The van der Waals surface area contributed by atoms with Gasteiger partial charge < -0.3 is 14.2 Å². The van der Waals surface area contributed by atoms with Crippen LogP contribution in [0.25, 0.3) is 11.4 Å². The molecule has 31 heavy (non-hydrogen) atoms. The molecule has 1 aliphatic rings. The van der Waals surface area contributed by atoms with Gasteiger partial charge in [-0.25, -0.2) is 0 Å². The Hall–Kier alpha value is -2.80. The summed E-state index contributed by atoms with van der Waals surface area (Å²) in [7, 11) is 3.57. The number of likely N-dealkylation sites (tertiary alicyclic amines) is 1. The molecule has 0 N–H and O–H groups in total. The van der Waals surface area contributed by atoms with Gasteiger partial charge in [0.05, 0.1) is 12.9 Å². The van der Waals surface area contributed by atoms with Gasteiger partial charge >= 0.3 is 0 Å². The highest BCUT2D eigenvalue weighted by molar-refractivity contribution is 7.99. The number of carbonyl (C=O) groups excluding carboxylic acids is 1. The van der Waals surface area contributed by atoms with Gasteiger partial charge in [0.25, 0.3) is 0 Å². The van der Waals surface area contributed by atoms with Crippen LogP contribution in [0.5, 0.6) is 5.75 Å². The fraction of sp³-hybridized carbons (Fsp3) is 0.375. The van der Waals surface area contributed by atoms with E-state index in [9.17, 15) is 4.79 Å². The van der Waals surface area contributed by atoms with Crippen molar-refractivity contribution in [2.75, 3.05) is 26.0 Å². The van der Waals surface area contributed by atoms with Crippen molar-refractivity contribution in [3.05, 3.63) is 60.2 Å². The van der Waals surface area contributed by atoms with Crippen LogP contribution in [0.2, 0.25) is 0 Å². The minimum absolute atomic E-state index is 0.175.